The van der Waals surface area contributed by atoms with Crippen LogP contribution in [0.15, 0.2) is 18.2 Å². The van der Waals surface area contributed by atoms with Crippen LogP contribution in [0.4, 0.5) is 0 Å². The number of hydrogen-bond acceptors (Lipinski definition) is 2. The lowest BCUT2D eigenvalue weighted by Crippen LogP contribution is -2.31. The summed E-state index contributed by atoms with van der Waals surface area (Å²) in [6.07, 6.45) is 1.20. The Morgan fingerprint density at radius 3 is 2.67 bits per heavy atom. The smallest absolute Gasteiger partial charge is 0.0468 e. The Hall–Kier alpha value is 0.01000. The van der Waals surface area contributed by atoms with Gasteiger partial charge in [-0.2, -0.15) is 0 Å². The normalized spacial score (nSPS) is 21.7. The van der Waals surface area contributed by atoms with Crippen molar-refractivity contribution < 1.29 is 0 Å². The van der Waals surface area contributed by atoms with Gasteiger partial charge in [0.15, 0.2) is 0 Å². The molecule has 1 aromatic carbocycles. The Labute approximate surface area is 125 Å². The molecule has 1 heterocycles. The van der Waals surface area contributed by atoms with Gasteiger partial charge in [0.1, 0.15) is 0 Å². The number of halogens is 3. The van der Waals surface area contributed by atoms with Crippen molar-refractivity contribution in [1.29, 1.82) is 0 Å². The second-order valence-electron chi connectivity index (χ2n) is 4.61. The molecule has 0 saturated carbocycles. The standard InChI is InChI=1S/C13H18Cl2N2.ClH/c1-9(17-6-5-11(8-17)16-2)12-4-3-10(14)7-13(12)15;/h3-4,7,9,11,16H,5-6,8H2,1-2H3;1H. The number of benzene rings is 1. The maximum Gasteiger partial charge on any atom is 0.0468 e. The second-order valence-corrected chi connectivity index (χ2v) is 5.45. The molecule has 1 N–H and O–H groups in total. The van der Waals surface area contributed by atoms with Gasteiger partial charge in [-0.1, -0.05) is 29.3 Å². The molecule has 2 atom stereocenters. The van der Waals surface area contributed by atoms with E-state index >= 15 is 0 Å². The number of likely N-dealkylation sites (N-methyl/N-ethyl adjacent to an activating group) is 1. The van der Waals surface area contributed by atoms with Gasteiger partial charge in [-0.15, -0.1) is 12.4 Å². The summed E-state index contributed by atoms with van der Waals surface area (Å²) in [7, 11) is 2.02. The van der Waals surface area contributed by atoms with E-state index in [1.807, 2.05) is 25.2 Å². The number of nitrogens with one attached hydrogen (secondary N) is 1. The molecule has 1 saturated heterocycles. The highest BCUT2D eigenvalue weighted by atomic mass is 35.5. The molecule has 0 radical (unpaired) electrons. The highest BCUT2D eigenvalue weighted by Gasteiger charge is 2.26. The number of nitrogens with zero attached hydrogens (tertiary/aromatic N) is 1. The molecular formula is C13H19Cl3N2. The Morgan fingerprint density at radius 2 is 2.11 bits per heavy atom. The quantitative estimate of drug-likeness (QED) is 0.914. The molecule has 2 unspecified atom stereocenters. The number of hydrogen-bond donors (Lipinski definition) is 1. The van der Waals surface area contributed by atoms with Crippen LogP contribution in [0.2, 0.25) is 10.0 Å². The predicted octanol–water partition coefficient (Wildman–Crippen LogP) is 3.77. The zero-order valence-corrected chi connectivity index (χ0v) is 12.9. The van der Waals surface area contributed by atoms with Crippen LogP contribution in [0.1, 0.15) is 24.9 Å². The Kier molecular flexibility index (Phi) is 6.22. The van der Waals surface area contributed by atoms with E-state index in [4.69, 9.17) is 23.2 Å². The van der Waals surface area contributed by atoms with Crippen molar-refractivity contribution in [2.24, 2.45) is 0 Å². The predicted molar refractivity (Wildman–Crippen MR) is 81.2 cm³/mol. The highest BCUT2D eigenvalue weighted by molar-refractivity contribution is 6.35. The summed E-state index contributed by atoms with van der Waals surface area (Å²) in [5.41, 5.74) is 1.16. The van der Waals surface area contributed by atoms with Gasteiger partial charge >= 0.3 is 0 Å². The van der Waals surface area contributed by atoms with Crippen LogP contribution >= 0.6 is 35.6 Å². The minimum absolute atomic E-state index is 0. The van der Waals surface area contributed by atoms with Gasteiger partial charge < -0.3 is 5.32 Å². The number of likely N-dealkylation sites (tertiary alicyclic amines) is 1. The SMILES string of the molecule is CNC1CCN(C(C)c2ccc(Cl)cc2Cl)C1.Cl. The van der Waals surface area contributed by atoms with Crippen LogP contribution in [-0.2, 0) is 0 Å². The fraction of sp³-hybridized carbons (Fsp3) is 0.538. The topological polar surface area (TPSA) is 15.3 Å². The van der Waals surface area contributed by atoms with Crippen LogP contribution < -0.4 is 5.32 Å². The first kappa shape index (κ1) is 16.1. The fourth-order valence-corrected chi connectivity index (χ4v) is 2.98. The molecule has 0 amide bonds. The van der Waals surface area contributed by atoms with Crippen LogP contribution in [0.5, 0.6) is 0 Å². The van der Waals surface area contributed by atoms with Crippen molar-refractivity contribution in [2.45, 2.75) is 25.4 Å². The van der Waals surface area contributed by atoms with E-state index in [2.05, 4.69) is 17.1 Å². The Balaban J connectivity index is 0.00000162. The molecule has 2 rings (SSSR count). The summed E-state index contributed by atoms with van der Waals surface area (Å²) in [4.78, 5) is 2.45. The summed E-state index contributed by atoms with van der Waals surface area (Å²) >= 11 is 12.2. The van der Waals surface area contributed by atoms with E-state index < -0.39 is 0 Å². The molecule has 2 nitrogen and oxygen atoms in total. The third kappa shape index (κ3) is 3.52. The van der Waals surface area contributed by atoms with Crippen molar-refractivity contribution >= 4 is 35.6 Å². The first-order chi connectivity index (χ1) is 8.11. The molecule has 1 fully saturated rings. The molecular weight excluding hydrogens is 291 g/mol. The molecule has 18 heavy (non-hydrogen) atoms. The summed E-state index contributed by atoms with van der Waals surface area (Å²) in [5, 5.41) is 4.79. The first-order valence-corrected chi connectivity index (χ1v) is 6.73. The largest absolute Gasteiger partial charge is 0.316 e. The minimum atomic E-state index is 0. The van der Waals surface area contributed by atoms with E-state index in [-0.39, 0.29) is 12.4 Å². The summed E-state index contributed by atoms with van der Waals surface area (Å²) in [6, 6.07) is 6.70. The van der Waals surface area contributed by atoms with Crippen LogP contribution in [0, 0.1) is 0 Å². The molecule has 0 aromatic heterocycles. The minimum Gasteiger partial charge on any atom is -0.316 e. The lowest BCUT2D eigenvalue weighted by molar-refractivity contribution is 0.257. The van der Waals surface area contributed by atoms with Gasteiger partial charge in [-0.3, -0.25) is 4.90 Å². The average Bonchev–Trinajstić information content (AvgIpc) is 2.76. The van der Waals surface area contributed by atoms with Gasteiger partial charge in [0.2, 0.25) is 0 Å². The molecule has 5 heteroatoms. The second kappa shape index (κ2) is 6.97. The van der Waals surface area contributed by atoms with Gasteiger partial charge in [0.25, 0.3) is 0 Å². The van der Waals surface area contributed by atoms with E-state index in [9.17, 15) is 0 Å². The highest BCUT2D eigenvalue weighted by Crippen LogP contribution is 2.31. The molecule has 0 aliphatic carbocycles. The lowest BCUT2D eigenvalue weighted by atomic mass is 10.1. The maximum atomic E-state index is 6.25. The van der Waals surface area contributed by atoms with Crippen molar-refractivity contribution in [2.75, 3.05) is 20.1 Å². The van der Waals surface area contributed by atoms with Crippen molar-refractivity contribution in [1.82, 2.24) is 10.2 Å². The van der Waals surface area contributed by atoms with Gasteiger partial charge in [0, 0.05) is 35.2 Å². The Morgan fingerprint density at radius 1 is 1.39 bits per heavy atom. The lowest BCUT2D eigenvalue weighted by Gasteiger charge is -2.25. The first-order valence-electron chi connectivity index (χ1n) is 5.98. The summed E-state index contributed by atoms with van der Waals surface area (Å²) in [5.74, 6) is 0. The zero-order valence-electron chi connectivity index (χ0n) is 10.6. The molecule has 0 spiro atoms. The maximum absolute atomic E-state index is 6.25. The van der Waals surface area contributed by atoms with Gasteiger partial charge in [-0.05, 0) is 38.1 Å². The van der Waals surface area contributed by atoms with Crippen molar-refractivity contribution in [3.05, 3.63) is 33.8 Å². The van der Waals surface area contributed by atoms with E-state index in [1.54, 1.807) is 0 Å². The molecule has 1 aromatic rings. The third-order valence-electron chi connectivity index (χ3n) is 3.59. The van der Waals surface area contributed by atoms with Crippen molar-refractivity contribution in [3.8, 4) is 0 Å². The molecule has 102 valence electrons. The summed E-state index contributed by atoms with van der Waals surface area (Å²) in [6.45, 7) is 4.40. The van der Waals surface area contributed by atoms with Crippen molar-refractivity contribution in [3.63, 3.8) is 0 Å². The average molecular weight is 310 g/mol. The molecule has 0 bridgehead atoms. The Bertz CT molecular complexity index is 398. The van der Waals surface area contributed by atoms with Gasteiger partial charge in [0.05, 0.1) is 0 Å². The monoisotopic (exact) mass is 308 g/mol. The number of rotatable bonds is 3. The van der Waals surface area contributed by atoms with Crippen LogP contribution in [0.3, 0.4) is 0 Å². The summed E-state index contributed by atoms with van der Waals surface area (Å²) < 4.78 is 0. The van der Waals surface area contributed by atoms with E-state index in [1.165, 1.54) is 6.42 Å². The third-order valence-corrected chi connectivity index (χ3v) is 4.15. The van der Waals surface area contributed by atoms with E-state index in [0.29, 0.717) is 17.1 Å². The zero-order chi connectivity index (χ0) is 12.4. The fourth-order valence-electron chi connectivity index (χ4n) is 2.41. The molecule has 1 aliphatic rings. The van der Waals surface area contributed by atoms with Crippen LogP contribution in [0.25, 0.3) is 0 Å². The van der Waals surface area contributed by atoms with E-state index in [0.717, 1.165) is 23.7 Å². The van der Waals surface area contributed by atoms with Crippen LogP contribution in [-0.4, -0.2) is 31.1 Å². The molecule has 1 aliphatic heterocycles. The van der Waals surface area contributed by atoms with Gasteiger partial charge in [-0.25, -0.2) is 0 Å².